The van der Waals surface area contributed by atoms with Gasteiger partial charge in [-0.25, -0.2) is 8.78 Å². The fourth-order valence-corrected chi connectivity index (χ4v) is 1.91. The summed E-state index contributed by atoms with van der Waals surface area (Å²) in [7, 11) is 3.76. The monoisotopic (exact) mass is 256 g/mol. The van der Waals surface area contributed by atoms with E-state index in [1.807, 2.05) is 7.05 Å². The summed E-state index contributed by atoms with van der Waals surface area (Å²) < 4.78 is 27.0. The number of hydrogen-bond acceptors (Lipinski definition) is 2. The van der Waals surface area contributed by atoms with Crippen LogP contribution in [0.1, 0.15) is 31.9 Å². The molecule has 1 aromatic rings. The highest BCUT2D eigenvalue weighted by Gasteiger charge is 2.19. The Morgan fingerprint density at radius 1 is 1.33 bits per heavy atom. The molecule has 0 aromatic heterocycles. The Hall–Kier alpha value is -1.00. The minimum Gasteiger partial charge on any atom is -0.312 e. The SMILES string of the molecule is CCC(C)N(C)CC(NC)c1cccc(F)c1F. The normalized spacial score (nSPS) is 14.8. The Bertz CT molecular complexity index is 382. The molecule has 0 aliphatic rings. The molecule has 1 rings (SSSR count). The predicted molar refractivity (Wildman–Crippen MR) is 70.5 cm³/mol. The van der Waals surface area contributed by atoms with E-state index in [1.165, 1.54) is 0 Å². The van der Waals surface area contributed by atoms with E-state index in [-0.39, 0.29) is 6.04 Å². The van der Waals surface area contributed by atoms with Crippen molar-refractivity contribution in [2.24, 2.45) is 0 Å². The summed E-state index contributed by atoms with van der Waals surface area (Å²) in [5, 5.41) is 3.05. The van der Waals surface area contributed by atoms with E-state index < -0.39 is 11.6 Å². The molecule has 102 valence electrons. The molecule has 2 atom stereocenters. The number of rotatable bonds is 6. The van der Waals surface area contributed by atoms with Gasteiger partial charge in [-0.05, 0) is 33.5 Å². The Kier molecular flexibility index (Phi) is 5.69. The second kappa shape index (κ2) is 6.81. The average Bonchev–Trinajstić information content (AvgIpc) is 2.38. The van der Waals surface area contributed by atoms with Gasteiger partial charge in [0, 0.05) is 24.2 Å². The zero-order valence-corrected chi connectivity index (χ0v) is 11.5. The molecule has 0 heterocycles. The van der Waals surface area contributed by atoms with Crippen LogP contribution >= 0.6 is 0 Å². The van der Waals surface area contributed by atoms with Crippen molar-refractivity contribution in [1.29, 1.82) is 0 Å². The topological polar surface area (TPSA) is 15.3 Å². The maximum atomic E-state index is 13.7. The molecule has 0 bridgehead atoms. The predicted octanol–water partition coefficient (Wildman–Crippen LogP) is 2.96. The largest absolute Gasteiger partial charge is 0.312 e. The first-order valence-corrected chi connectivity index (χ1v) is 6.32. The van der Waals surface area contributed by atoms with E-state index in [4.69, 9.17) is 0 Å². The summed E-state index contributed by atoms with van der Waals surface area (Å²) in [4.78, 5) is 2.14. The molecule has 0 amide bonds. The number of halogens is 2. The van der Waals surface area contributed by atoms with Crippen molar-refractivity contribution in [2.75, 3.05) is 20.6 Å². The van der Waals surface area contributed by atoms with Gasteiger partial charge in [0.25, 0.3) is 0 Å². The number of likely N-dealkylation sites (N-methyl/N-ethyl adjacent to an activating group) is 2. The van der Waals surface area contributed by atoms with Crippen LogP contribution in [0.2, 0.25) is 0 Å². The van der Waals surface area contributed by atoms with Crippen LogP contribution in [0.25, 0.3) is 0 Å². The van der Waals surface area contributed by atoms with Crippen molar-refractivity contribution in [3.05, 3.63) is 35.4 Å². The van der Waals surface area contributed by atoms with Gasteiger partial charge in [0.1, 0.15) is 0 Å². The van der Waals surface area contributed by atoms with E-state index in [2.05, 4.69) is 24.1 Å². The smallest absolute Gasteiger partial charge is 0.163 e. The first-order chi connectivity index (χ1) is 8.51. The lowest BCUT2D eigenvalue weighted by molar-refractivity contribution is 0.226. The van der Waals surface area contributed by atoms with E-state index in [1.54, 1.807) is 19.2 Å². The number of nitrogens with one attached hydrogen (secondary N) is 1. The van der Waals surface area contributed by atoms with Crippen LogP contribution in [-0.2, 0) is 0 Å². The quantitative estimate of drug-likeness (QED) is 0.842. The number of benzene rings is 1. The second-order valence-electron chi connectivity index (χ2n) is 4.68. The Morgan fingerprint density at radius 3 is 2.56 bits per heavy atom. The minimum absolute atomic E-state index is 0.209. The lowest BCUT2D eigenvalue weighted by Crippen LogP contribution is -2.36. The highest BCUT2D eigenvalue weighted by molar-refractivity contribution is 5.22. The molecule has 0 radical (unpaired) electrons. The van der Waals surface area contributed by atoms with E-state index in [0.717, 1.165) is 12.5 Å². The van der Waals surface area contributed by atoms with Gasteiger partial charge in [-0.2, -0.15) is 0 Å². The summed E-state index contributed by atoms with van der Waals surface area (Å²) in [6, 6.07) is 4.52. The van der Waals surface area contributed by atoms with Crippen LogP contribution < -0.4 is 5.32 Å². The van der Waals surface area contributed by atoms with Gasteiger partial charge in [-0.3, -0.25) is 0 Å². The van der Waals surface area contributed by atoms with Gasteiger partial charge < -0.3 is 10.2 Å². The van der Waals surface area contributed by atoms with Crippen LogP contribution in [0.15, 0.2) is 18.2 Å². The van der Waals surface area contributed by atoms with Crippen molar-refractivity contribution in [3.8, 4) is 0 Å². The summed E-state index contributed by atoms with van der Waals surface area (Å²) in [6.45, 7) is 4.87. The van der Waals surface area contributed by atoms with Gasteiger partial charge in [-0.1, -0.05) is 19.1 Å². The molecule has 4 heteroatoms. The maximum Gasteiger partial charge on any atom is 0.163 e. The third kappa shape index (κ3) is 3.50. The highest BCUT2D eigenvalue weighted by Crippen LogP contribution is 2.20. The zero-order chi connectivity index (χ0) is 13.7. The molecule has 1 N–H and O–H groups in total. The average molecular weight is 256 g/mol. The lowest BCUT2D eigenvalue weighted by atomic mass is 10.0. The minimum atomic E-state index is -0.793. The van der Waals surface area contributed by atoms with Crippen LogP contribution in [0.5, 0.6) is 0 Å². The van der Waals surface area contributed by atoms with Gasteiger partial charge in [-0.15, -0.1) is 0 Å². The first-order valence-electron chi connectivity index (χ1n) is 6.32. The second-order valence-corrected chi connectivity index (χ2v) is 4.68. The molecule has 0 saturated carbocycles. The Morgan fingerprint density at radius 2 is 2.00 bits per heavy atom. The summed E-state index contributed by atoms with van der Waals surface area (Å²) in [6.07, 6.45) is 1.03. The molecular weight excluding hydrogens is 234 g/mol. The van der Waals surface area contributed by atoms with E-state index in [9.17, 15) is 8.78 Å². The fourth-order valence-electron chi connectivity index (χ4n) is 1.91. The number of nitrogens with zero attached hydrogens (tertiary/aromatic N) is 1. The third-order valence-electron chi connectivity index (χ3n) is 3.52. The third-order valence-corrected chi connectivity index (χ3v) is 3.52. The van der Waals surface area contributed by atoms with Crippen LogP contribution in [0.3, 0.4) is 0 Å². The van der Waals surface area contributed by atoms with Gasteiger partial charge in [0.2, 0.25) is 0 Å². The van der Waals surface area contributed by atoms with Crippen molar-refractivity contribution in [2.45, 2.75) is 32.4 Å². The van der Waals surface area contributed by atoms with Crippen LogP contribution in [-0.4, -0.2) is 31.6 Å². The van der Waals surface area contributed by atoms with Gasteiger partial charge in [0.05, 0.1) is 0 Å². The number of hydrogen-bond donors (Lipinski definition) is 1. The first kappa shape index (κ1) is 15.1. The molecule has 0 aliphatic heterocycles. The molecule has 2 nitrogen and oxygen atoms in total. The highest BCUT2D eigenvalue weighted by atomic mass is 19.2. The van der Waals surface area contributed by atoms with Crippen molar-refractivity contribution in [1.82, 2.24) is 10.2 Å². The Balaban J connectivity index is 2.86. The molecule has 0 fully saturated rings. The molecule has 1 aromatic carbocycles. The molecule has 2 unspecified atom stereocenters. The zero-order valence-electron chi connectivity index (χ0n) is 11.5. The summed E-state index contributed by atoms with van der Waals surface area (Å²) in [5.74, 6) is -1.55. The lowest BCUT2D eigenvalue weighted by Gasteiger charge is -2.28. The molecule has 0 aliphatic carbocycles. The summed E-state index contributed by atoms with van der Waals surface area (Å²) >= 11 is 0. The molecular formula is C14H22F2N2. The molecule has 0 spiro atoms. The van der Waals surface area contributed by atoms with Gasteiger partial charge in [0.15, 0.2) is 11.6 Å². The van der Waals surface area contributed by atoms with Crippen molar-refractivity contribution < 1.29 is 8.78 Å². The van der Waals surface area contributed by atoms with E-state index >= 15 is 0 Å². The van der Waals surface area contributed by atoms with E-state index in [0.29, 0.717) is 18.2 Å². The van der Waals surface area contributed by atoms with Crippen molar-refractivity contribution >= 4 is 0 Å². The Labute approximate surface area is 108 Å². The van der Waals surface area contributed by atoms with Crippen LogP contribution in [0, 0.1) is 11.6 Å². The molecule has 18 heavy (non-hydrogen) atoms. The fraction of sp³-hybridized carbons (Fsp3) is 0.571. The van der Waals surface area contributed by atoms with Crippen LogP contribution in [0.4, 0.5) is 8.78 Å². The van der Waals surface area contributed by atoms with Gasteiger partial charge >= 0.3 is 0 Å². The summed E-state index contributed by atoms with van der Waals surface area (Å²) in [5.41, 5.74) is 0.382. The maximum absolute atomic E-state index is 13.7. The molecule has 0 saturated heterocycles. The standard InChI is InChI=1S/C14H22F2N2/c1-5-10(2)18(4)9-13(17-3)11-7-6-8-12(15)14(11)16/h6-8,10,13,17H,5,9H2,1-4H3. The van der Waals surface area contributed by atoms with Crippen molar-refractivity contribution in [3.63, 3.8) is 0 Å².